The number of likely N-dealkylation sites (N-methyl/N-ethyl adjacent to an activating group) is 1. The highest BCUT2D eigenvalue weighted by molar-refractivity contribution is 4.95. The Morgan fingerprint density at radius 1 is 1.00 bits per heavy atom. The van der Waals surface area contributed by atoms with E-state index in [1.807, 2.05) is 0 Å². The summed E-state index contributed by atoms with van der Waals surface area (Å²) in [6.07, 6.45) is 14.3. The van der Waals surface area contributed by atoms with Gasteiger partial charge in [-0.2, -0.15) is 0 Å². The number of allylic oxidation sites excluding steroid dienone is 2. The van der Waals surface area contributed by atoms with Crippen LogP contribution in [0.25, 0.3) is 0 Å². The number of unbranched alkanes of at least 4 members (excludes halogenated alkanes) is 1. The molecule has 0 spiro atoms. The molecule has 0 aromatic rings. The van der Waals surface area contributed by atoms with Crippen LogP contribution in [0.3, 0.4) is 0 Å². The summed E-state index contributed by atoms with van der Waals surface area (Å²) in [4.78, 5) is 2.44. The van der Waals surface area contributed by atoms with Gasteiger partial charge in [-0.05, 0) is 45.1 Å². The van der Waals surface area contributed by atoms with E-state index < -0.39 is 0 Å². The van der Waals surface area contributed by atoms with E-state index in [1.54, 1.807) is 0 Å². The van der Waals surface area contributed by atoms with E-state index in [-0.39, 0.29) is 0 Å². The molecule has 0 bridgehead atoms. The Bertz CT molecular complexity index is 250. The van der Waals surface area contributed by atoms with Gasteiger partial charge in [-0.3, -0.25) is 4.90 Å². The maximum atomic E-state index is 2.44. The second kappa shape index (κ2) is 11.3. The predicted octanol–water partition coefficient (Wildman–Crippen LogP) is 5.29. The first kappa shape index (κ1) is 18.4. The van der Waals surface area contributed by atoms with Crippen molar-refractivity contribution in [3.05, 3.63) is 24.3 Å². The Morgan fingerprint density at radius 2 is 1.68 bits per heavy atom. The lowest BCUT2D eigenvalue weighted by atomic mass is 10.0. The summed E-state index contributed by atoms with van der Waals surface area (Å²) < 4.78 is 0. The number of hydrogen-bond donors (Lipinski definition) is 0. The molecular weight excluding hydrogens is 230 g/mol. The van der Waals surface area contributed by atoms with Crippen molar-refractivity contribution in [2.24, 2.45) is 11.8 Å². The lowest BCUT2D eigenvalue weighted by Crippen LogP contribution is -2.31. The fraction of sp³-hybridized carbons (Fsp3) is 0.778. The molecule has 0 heterocycles. The summed E-state index contributed by atoms with van der Waals surface area (Å²) in [5.41, 5.74) is 0. The Labute approximate surface area is 121 Å². The lowest BCUT2D eigenvalue weighted by Gasteiger charge is -2.25. The standard InChI is InChI=1S/C18H35N/c1-7-12-18(15-17(4)5)19(6)14-11-9-8-10-13-16(2)3/h7,9,11-12,16-18H,8,10,13-15H2,1-6H3/b11-9-,12-7-. The molecule has 1 nitrogen and oxygen atoms in total. The second-order valence-corrected chi connectivity index (χ2v) is 6.46. The monoisotopic (exact) mass is 265 g/mol. The summed E-state index contributed by atoms with van der Waals surface area (Å²) >= 11 is 0. The fourth-order valence-electron chi connectivity index (χ4n) is 2.25. The van der Waals surface area contributed by atoms with Crippen LogP contribution >= 0.6 is 0 Å². The van der Waals surface area contributed by atoms with Crippen LogP contribution in [0, 0.1) is 11.8 Å². The van der Waals surface area contributed by atoms with Crippen molar-refractivity contribution < 1.29 is 0 Å². The molecule has 112 valence electrons. The van der Waals surface area contributed by atoms with Gasteiger partial charge in [-0.1, -0.05) is 58.4 Å². The second-order valence-electron chi connectivity index (χ2n) is 6.46. The molecule has 0 N–H and O–H groups in total. The van der Waals surface area contributed by atoms with Crippen LogP contribution in [0.4, 0.5) is 0 Å². The molecule has 0 aliphatic heterocycles. The van der Waals surface area contributed by atoms with Crippen molar-refractivity contribution in [1.82, 2.24) is 4.90 Å². The maximum absolute atomic E-state index is 2.44. The van der Waals surface area contributed by atoms with Gasteiger partial charge in [0.25, 0.3) is 0 Å². The van der Waals surface area contributed by atoms with Gasteiger partial charge in [-0.25, -0.2) is 0 Å². The summed E-state index contributed by atoms with van der Waals surface area (Å²) in [6, 6.07) is 0.574. The SMILES string of the molecule is C/C=C\C(CC(C)C)N(C)C/C=C\CCCC(C)C. The third-order valence-electron chi connectivity index (χ3n) is 3.41. The molecule has 0 fully saturated rings. The van der Waals surface area contributed by atoms with Gasteiger partial charge in [-0.15, -0.1) is 0 Å². The Hall–Kier alpha value is -0.560. The zero-order valence-electron chi connectivity index (χ0n) is 14.0. The van der Waals surface area contributed by atoms with Crippen LogP contribution in [0.1, 0.15) is 60.3 Å². The van der Waals surface area contributed by atoms with Crippen molar-refractivity contribution in [3.63, 3.8) is 0 Å². The third kappa shape index (κ3) is 11.0. The first-order chi connectivity index (χ1) is 8.97. The van der Waals surface area contributed by atoms with E-state index in [0.29, 0.717) is 6.04 Å². The summed E-state index contributed by atoms with van der Waals surface area (Å²) in [7, 11) is 2.23. The Morgan fingerprint density at radius 3 is 2.21 bits per heavy atom. The minimum Gasteiger partial charge on any atom is -0.296 e. The topological polar surface area (TPSA) is 3.24 Å². The first-order valence-electron chi connectivity index (χ1n) is 7.95. The fourth-order valence-corrected chi connectivity index (χ4v) is 2.25. The molecule has 0 aliphatic carbocycles. The largest absolute Gasteiger partial charge is 0.296 e. The van der Waals surface area contributed by atoms with Crippen LogP contribution in [-0.4, -0.2) is 24.5 Å². The van der Waals surface area contributed by atoms with Gasteiger partial charge in [0.05, 0.1) is 0 Å². The van der Waals surface area contributed by atoms with E-state index >= 15 is 0 Å². The molecular formula is C18H35N. The maximum Gasteiger partial charge on any atom is 0.0280 e. The molecule has 0 amide bonds. The van der Waals surface area contributed by atoms with E-state index in [1.165, 1.54) is 25.7 Å². The highest BCUT2D eigenvalue weighted by Gasteiger charge is 2.11. The molecule has 0 rings (SSSR count). The van der Waals surface area contributed by atoms with Crippen molar-refractivity contribution in [2.75, 3.05) is 13.6 Å². The molecule has 0 radical (unpaired) electrons. The van der Waals surface area contributed by atoms with Crippen LogP contribution in [0.5, 0.6) is 0 Å². The van der Waals surface area contributed by atoms with Gasteiger partial charge < -0.3 is 0 Å². The lowest BCUT2D eigenvalue weighted by molar-refractivity contribution is 0.275. The number of nitrogens with zero attached hydrogens (tertiary/aromatic N) is 1. The summed E-state index contributed by atoms with van der Waals surface area (Å²) in [6.45, 7) is 12.4. The number of hydrogen-bond acceptors (Lipinski definition) is 1. The molecule has 0 saturated heterocycles. The normalized spacial score (nSPS) is 14.6. The van der Waals surface area contributed by atoms with E-state index in [2.05, 4.69) is 70.9 Å². The number of rotatable bonds is 10. The smallest absolute Gasteiger partial charge is 0.0280 e. The predicted molar refractivity (Wildman–Crippen MR) is 88.5 cm³/mol. The van der Waals surface area contributed by atoms with E-state index in [4.69, 9.17) is 0 Å². The van der Waals surface area contributed by atoms with Gasteiger partial charge in [0, 0.05) is 12.6 Å². The molecule has 1 heteroatoms. The van der Waals surface area contributed by atoms with Crippen LogP contribution < -0.4 is 0 Å². The van der Waals surface area contributed by atoms with Gasteiger partial charge in [0.15, 0.2) is 0 Å². The van der Waals surface area contributed by atoms with E-state index in [0.717, 1.165) is 18.4 Å². The quantitative estimate of drug-likeness (QED) is 0.383. The Kier molecular flexibility index (Phi) is 10.9. The molecule has 19 heavy (non-hydrogen) atoms. The molecule has 0 aromatic heterocycles. The van der Waals surface area contributed by atoms with Crippen LogP contribution in [0.15, 0.2) is 24.3 Å². The van der Waals surface area contributed by atoms with Crippen molar-refractivity contribution in [1.29, 1.82) is 0 Å². The van der Waals surface area contributed by atoms with Gasteiger partial charge >= 0.3 is 0 Å². The molecule has 1 atom stereocenters. The van der Waals surface area contributed by atoms with Crippen molar-refractivity contribution in [3.8, 4) is 0 Å². The third-order valence-corrected chi connectivity index (χ3v) is 3.41. The molecule has 0 aliphatic rings. The molecule has 0 aromatic carbocycles. The zero-order chi connectivity index (χ0) is 14.7. The molecule has 0 saturated carbocycles. The summed E-state index contributed by atoms with van der Waals surface area (Å²) in [5, 5.41) is 0. The average Bonchev–Trinajstić information content (AvgIpc) is 2.31. The average molecular weight is 265 g/mol. The van der Waals surface area contributed by atoms with Crippen molar-refractivity contribution in [2.45, 2.75) is 66.3 Å². The van der Waals surface area contributed by atoms with Gasteiger partial charge in [0.1, 0.15) is 0 Å². The molecule has 1 unspecified atom stereocenters. The highest BCUT2D eigenvalue weighted by Crippen LogP contribution is 2.12. The zero-order valence-corrected chi connectivity index (χ0v) is 14.0. The highest BCUT2D eigenvalue weighted by atomic mass is 15.1. The minimum atomic E-state index is 0.574. The van der Waals surface area contributed by atoms with E-state index in [9.17, 15) is 0 Å². The minimum absolute atomic E-state index is 0.574. The summed E-state index contributed by atoms with van der Waals surface area (Å²) in [5.74, 6) is 1.58. The first-order valence-corrected chi connectivity index (χ1v) is 7.95. The van der Waals surface area contributed by atoms with Crippen LogP contribution in [-0.2, 0) is 0 Å². The Balaban J connectivity index is 3.97. The van der Waals surface area contributed by atoms with Gasteiger partial charge in [0.2, 0.25) is 0 Å². The van der Waals surface area contributed by atoms with Crippen molar-refractivity contribution >= 4 is 0 Å². The van der Waals surface area contributed by atoms with Crippen LogP contribution in [0.2, 0.25) is 0 Å².